The number of carbonyl (C=O) groups is 1. The fourth-order valence-electron chi connectivity index (χ4n) is 3.45. The summed E-state index contributed by atoms with van der Waals surface area (Å²) in [5.41, 5.74) is 2.68. The van der Waals surface area contributed by atoms with Crippen LogP contribution in [-0.4, -0.2) is 57.3 Å². The van der Waals surface area contributed by atoms with Crippen molar-refractivity contribution in [3.8, 4) is 0 Å². The SMILES string of the molecule is Cc1cc(N2CCC(CNC(=O)c3ccc(S(=O)(=O)N(C)C)cc3)CC2)ccn1. The molecule has 0 radical (unpaired) electrons. The number of amides is 1. The molecule has 7 nitrogen and oxygen atoms in total. The number of nitrogens with zero attached hydrogens (tertiary/aromatic N) is 3. The number of piperidine rings is 1. The van der Waals surface area contributed by atoms with Gasteiger partial charge in [0.15, 0.2) is 0 Å². The van der Waals surface area contributed by atoms with Crippen LogP contribution in [0.4, 0.5) is 5.69 Å². The first-order valence-electron chi connectivity index (χ1n) is 9.76. The van der Waals surface area contributed by atoms with Gasteiger partial charge >= 0.3 is 0 Å². The molecule has 8 heteroatoms. The minimum absolute atomic E-state index is 0.175. The van der Waals surface area contributed by atoms with Crippen LogP contribution in [0, 0.1) is 12.8 Å². The van der Waals surface area contributed by atoms with Gasteiger partial charge in [0.25, 0.3) is 5.91 Å². The summed E-state index contributed by atoms with van der Waals surface area (Å²) >= 11 is 0. The third kappa shape index (κ3) is 5.13. The number of aryl methyl sites for hydroxylation is 1. The largest absolute Gasteiger partial charge is 0.371 e. The molecule has 0 unspecified atom stereocenters. The van der Waals surface area contributed by atoms with Gasteiger partial charge in [-0.2, -0.15) is 0 Å². The van der Waals surface area contributed by atoms with E-state index in [0.717, 1.165) is 35.9 Å². The molecule has 29 heavy (non-hydrogen) atoms. The van der Waals surface area contributed by atoms with Crippen LogP contribution in [0.25, 0.3) is 0 Å². The molecule has 1 fully saturated rings. The molecule has 2 aromatic rings. The first-order valence-corrected chi connectivity index (χ1v) is 11.2. The molecule has 1 aliphatic rings. The lowest BCUT2D eigenvalue weighted by molar-refractivity contribution is 0.0945. The highest BCUT2D eigenvalue weighted by molar-refractivity contribution is 7.89. The first kappa shape index (κ1) is 21.3. The van der Waals surface area contributed by atoms with Crippen molar-refractivity contribution in [2.75, 3.05) is 38.6 Å². The number of nitrogens with one attached hydrogen (secondary N) is 1. The predicted octanol–water partition coefficient (Wildman–Crippen LogP) is 2.29. The Kier molecular flexibility index (Phi) is 6.54. The molecule has 0 saturated carbocycles. The fourth-order valence-corrected chi connectivity index (χ4v) is 4.35. The normalized spacial score (nSPS) is 15.5. The summed E-state index contributed by atoms with van der Waals surface area (Å²) in [7, 11) is -0.520. The van der Waals surface area contributed by atoms with Crippen molar-refractivity contribution in [2.24, 2.45) is 5.92 Å². The van der Waals surface area contributed by atoms with Crippen molar-refractivity contribution in [2.45, 2.75) is 24.7 Å². The predicted molar refractivity (Wildman–Crippen MR) is 114 cm³/mol. The van der Waals surface area contributed by atoms with E-state index in [0.29, 0.717) is 18.0 Å². The summed E-state index contributed by atoms with van der Waals surface area (Å²) in [4.78, 5) is 19.2. The van der Waals surface area contributed by atoms with Gasteiger partial charge in [-0.15, -0.1) is 0 Å². The Bertz CT molecular complexity index is 950. The van der Waals surface area contributed by atoms with E-state index in [1.807, 2.05) is 19.2 Å². The Morgan fingerprint density at radius 3 is 2.41 bits per heavy atom. The van der Waals surface area contributed by atoms with Crippen molar-refractivity contribution < 1.29 is 13.2 Å². The van der Waals surface area contributed by atoms with E-state index in [9.17, 15) is 13.2 Å². The molecule has 1 saturated heterocycles. The highest BCUT2D eigenvalue weighted by atomic mass is 32.2. The maximum Gasteiger partial charge on any atom is 0.251 e. The zero-order valence-corrected chi connectivity index (χ0v) is 17.9. The lowest BCUT2D eigenvalue weighted by atomic mass is 9.96. The maximum atomic E-state index is 12.4. The lowest BCUT2D eigenvalue weighted by Gasteiger charge is -2.33. The maximum absolute atomic E-state index is 12.4. The number of rotatable bonds is 6. The molecule has 0 spiro atoms. The van der Waals surface area contributed by atoms with E-state index in [1.54, 1.807) is 12.1 Å². The highest BCUT2D eigenvalue weighted by Crippen LogP contribution is 2.23. The van der Waals surface area contributed by atoms with Crippen LogP contribution in [-0.2, 0) is 10.0 Å². The molecular weight excluding hydrogens is 388 g/mol. The minimum Gasteiger partial charge on any atom is -0.371 e. The molecule has 0 atom stereocenters. The number of sulfonamides is 1. The summed E-state index contributed by atoms with van der Waals surface area (Å²) in [6, 6.07) is 10.2. The molecule has 1 aromatic carbocycles. The minimum atomic E-state index is -3.49. The number of aromatic nitrogens is 1. The van der Waals surface area contributed by atoms with Gasteiger partial charge in [0.1, 0.15) is 0 Å². The van der Waals surface area contributed by atoms with E-state index in [1.165, 1.54) is 31.9 Å². The average Bonchev–Trinajstić information content (AvgIpc) is 2.72. The number of pyridine rings is 1. The van der Waals surface area contributed by atoms with Gasteiger partial charge in [-0.25, -0.2) is 12.7 Å². The number of hydrogen-bond donors (Lipinski definition) is 1. The average molecular weight is 417 g/mol. The molecule has 0 aliphatic carbocycles. The molecule has 2 heterocycles. The topological polar surface area (TPSA) is 82.6 Å². The summed E-state index contributed by atoms with van der Waals surface area (Å²) in [5.74, 6) is 0.262. The van der Waals surface area contributed by atoms with E-state index < -0.39 is 10.0 Å². The van der Waals surface area contributed by atoms with Gasteiger partial charge in [-0.1, -0.05) is 0 Å². The summed E-state index contributed by atoms with van der Waals surface area (Å²) in [6.45, 7) is 4.54. The Morgan fingerprint density at radius 1 is 1.17 bits per heavy atom. The van der Waals surface area contributed by atoms with Gasteiger partial charge < -0.3 is 10.2 Å². The van der Waals surface area contributed by atoms with Crippen molar-refractivity contribution in [3.05, 3.63) is 53.9 Å². The zero-order chi connectivity index (χ0) is 21.0. The van der Waals surface area contributed by atoms with E-state index in [2.05, 4.69) is 21.3 Å². The second-order valence-corrected chi connectivity index (χ2v) is 9.76. The van der Waals surface area contributed by atoms with E-state index in [-0.39, 0.29) is 10.8 Å². The molecule has 3 rings (SSSR count). The molecular formula is C21H28N4O3S. The second-order valence-electron chi connectivity index (χ2n) is 7.61. The van der Waals surface area contributed by atoms with Crippen molar-refractivity contribution in [1.82, 2.24) is 14.6 Å². The third-order valence-corrected chi connectivity index (χ3v) is 7.14. The standard InChI is InChI=1S/C21H28N4O3S/c1-16-14-19(8-11-22-16)25-12-9-17(10-13-25)15-23-21(26)18-4-6-20(7-5-18)29(27,28)24(2)3/h4-8,11,14,17H,9-10,12-13,15H2,1-3H3,(H,23,26). The van der Waals surface area contributed by atoms with Crippen LogP contribution in [0.15, 0.2) is 47.5 Å². The Hall–Kier alpha value is -2.45. The Labute approximate surface area is 172 Å². The first-order chi connectivity index (χ1) is 13.8. The van der Waals surface area contributed by atoms with Gasteiger partial charge in [0.05, 0.1) is 4.90 Å². The van der Waals surface area contributed by atoms with Crippen LogP contribution in [0.3, 0.4) is 0 Å². The second kappa shape index (κ2) is 8.92. The molecule has 156 valence electrons. The van der Waals surface area contributed by atoms with Gasteiger partial charge in [0, 0.05) is 56.9 Å². The lowest BCUT2D eigenvalue weighted by Crippen LogP contribution is -2.38. The van der Waals surface area contributed by atoms with Crippen LogP contribution in [0.5, 0.6) is 0 Å². The van der Waals surface area contributed by atoms with E-state index >= 15 is 0 Å². The Balaban J connectivity index is 1.50. The summed E-state index contributed by atoms with van der Waals surface area (Å²) in [6.07, 6.45) is 3.87. The molecule has 0 bridgehead atoms. The monoisotopic (exact) mass is 416 g/mol. The summed E-state index contributed by atoms with van der Waals surface area (Å²) in [5, 5.41) is 2.99. The number of hydrogen-bond acceptors (Lipinski definition) is 5. The van der Waals surface area contributed by atoms with Gasteiger partial charge in [0.2, 0.25) is 10.0 Å². The van der Waals surface area contributed by atoms with Crippen molar-refractivity contribution >= 4 is 21.6 Å². The quantitative estimate of drug-likeness (QED) is 0.781. The molecule has 1 amide bonds. The Morgan fingerprint density at radius 2 is 1.83 bits per heavy atom. The fraction of sp³-hybridized carbons (Fsp3) is 0.429. The molecule has 1 N–H and O–H groups in total. The zero-order valence-electron chi connectivity index (χ0n) is 17.1. The number of anilines is 1. The van der Waals surface area contributed by atoms with Gasteiger partial charge in [-0.05, 0) is 62.1 Å². The van der Waals surface area contributed by atoms with Crippen LogP contribution >= 0.6 is 0 Å². The van der Waals surface area contributed by atoms with Crippen LogP contribution in [0.2, 0.25) is 0 Å². The van der Waals surface area contributed by atoms with Crippen molar-refractivity contribution in [1.29, 1.82) is 0 Å². The van der Waals surface area contributed by atoms with E-state index in [4.69, 9.17) is 0 Å². The third-order valence-electron chi connectivity index (χ3n) is 5.31. The number of carbonyl (C=O) groups excluding carboxylic acids is 1. The van der Waals surface area contributed by atoms with Gasteiger partial charge in [-0.3, -0.25) is 9.78 Å². The summed E-state index contributed by atoms with van der Waals surface area (Å²) < 4.78 is 25.4. The highest BCUT2D eigenvalue weighted by Gasteiger charge is 2.21. The number of benzene rings is 1. The van der Waals surface area contributed by atoms with Crippen LogP contribution in [0.1, 0.15) is 28.9 Å². The molecule has 1 aromatic heterocycles. The van der Waals surface area contributed by atoms with Crippen molar-refractivity contribution in [3.63, 3.8) is 0 Å². The smallest absolute Gasteiger partial charge is 0.251 e. The molecule has 1 aliphatic heterocycles. The van der Waals surface area contributed by atoms with Crippen LogP contribution < -0.4 is 10.2 Å².